The standard InChI is InChI=1S/C31H32N2O7/c1-19(39-17-20-9-3-2-4-10-20)27(29(34)32-26-15-16-38-28(26)30(35)36)33-31(37)40-18-25-23-13-7-5-11-21(23)22-12-6-8-14-24(22)25/h2-14,19,25-28H,15-18H2,1H3,(H,32,34)(H,33,37)(H,35,36)/t19?,26-,27?,28+/m0/s1. The molecule has 0 saturated carbocycles. The third-order valence-electron chi connectivity index (χ3n) is 7.39. The van der Waals surface area contributed by atoms with Gasteiger partial charge >= 0.3 is 12.1 Å². The van der Waals surface area contributed by atoms with E-state index in [0.717, 1.165) is 27.8 Å². The van der Waals surface area contributed by atoms with Gasteiger partial charge in [-0.3, -0.25) is 4.79 Å². The molecule has 1 aliphatic heterocycles. The highest BCUT2D eigenvalue weighted by Crippen LogP contribution is 2.44. The molecule has 2 amide bonds. The Morgan fingerprint density at radius 1 is 0.950 bits per heavy atom. The van der Waals surface area contributed by atoms with Gasteiger partial charge in [-0.25, -0.2) is 9.59 Å². The van der Waals surface area contributed by atoms with E-state index in [9.17, 15) is 19.5 Å². The quantitative estimate of drug-likeness (QED) is 0.354. The Kier molecular flexibility index (Phi) is 8.42. The van der Waals surface area contributed by atoms with Crippen molar-refractivity contribution in [2.24, 2.45) is 0 Å². The van der Waals surface area contributed by atoms with Crippen molar-refractivity contribution >= 4 is 18.0 Å². The molecule has 40 heavy (non-hydrogen) atoms. The van der Waals surface area contributed by atoms with Crippen LogP contribution in [0, 0.1) is 0 Å². The van der Waals surface area contributed by atoms with Gasteiger partial charge in [0, 0.05) is 12.5 Å². The molecule has 0 bridgehead atoms. The van der Waals surface area contributed by atoms with Crippen LogP contribution in [0.1, 0.15) is 36.0 Å². The Bertz CT molecular complexity index is 1320. The molecule has 3 aromatic carbocycles. The van der Waals surface area contributed by atoms with Crippen LogP contribution in [-0.4, -0.2) is 60.6 Å². The summed E-state index contributed by atoms with van der Waals surface area (Å²) in [6, 6.07) is 23.6. The number of carboxylic acid groups (broad SMARTS) is 1. The summed E-state index contributed by atoms with van der Waals surface area (Å²) in [6.45, 7) is 2.21. The maximum Gasteiger partial charge on any atom is 0.407 e. The van der Waals surface area contributed by atoms with Crippen molar-refractivity contribution in [3.8, 4) is 11.1 Å². The van der Waals surface area contributed by atoms with E-state index in [1.165, 1.54) is 0 Å². The Labute approximate surface area is 232 Å². The summed E-state index contributed by atoms with van der Waals surface area (Å²) in [4.78, 5) is 37.9. The lowest BCUT2D eigenvalue weighted by Crippen LogP contribution is -2.56. The number of hydrogen-bond acceptors (Lipinski definition) is 6. The van der Waals surface area contributed by atoms with Gasteiger partial charge < -0.3 is 30.0 Å². The third kappa shape index (κ3) is 6.00. The maximum absolute atomic E-state index is 13.3. The molecule has 2 unspecified atom stereocenters. The molecule has 3 aromatic rings. The van der Waals surface area contributed by atoms with Gasteiger partial charge in [0.1, 0.15) is 12.6 Å². The van der Waals surface area contributed by atoms with E-state index in [4.69, 9.17) is 14.2 Å². The average Bonchev–Trinajstić information content (AvgIpc) is 3.56. The summed E-state index contributed by atoms with van der Waals surface area (Å²) in [5.74, 6) is -1.86. The van der Waals surface area contributed by atoms with Gasteiger partial charge in [-0.1, -0.05) is 78.9 Å². The molecule has 1 saturated heterocycles. The Balaban J connectivity index is 1.27. The van der Waals surface area contributed by atoms with E-state index >= 15 is 0 Å². The van der Waals surface area contributed by atoms with Gasteiger partial charge in [-0.05, 0) is 41.2 Å². The van der Waals surface area contributed by atoms with Crippen molar-refractivity contribution in [1.82, 2.24) is 10.6 Å². The van der Waals surface area contributed by atoms with Crippen LogP contribution in [0.3, 0.4) is 0 Å². The first kappa shape index (κ1) is 27.4. The number of aliphatic carboxylic acids is 1. The molecular formula is C31H32N2O7. The number of carboxylic acids is 1. The van der Waals surface area contributed by atoms with Crippen molar-refractivity contribution in [3.63, 3.8) is 0 Å². The topological polar surface area (TPSA) is 123 Å². The van der Waals surface area contributed by atoms with Gasteiger partial charge in [0.15, 0.2) is 6.10 Å². The minimum Gasteiger partial charge on any atom is -0.479 e. The van der Waals surface area contributed by atoms with E-state index in [-0.39, 0.29) is 25.7 Å². The molecule has 5 rings (SSSR count). The molecule has 1 fully saturated rings. The molecule has 9 nitrogen and oxygen atoms in total. The summed E-state index contributed by atoms with van der Waals surface area (Å²) >= 11 is 0. The van der Waals surface area contributed by atoms with Crippen molar-refractivity contribution in [2.75, 3.05) is 13.2 Å². The summed E-state index contributed by atoms with van der Waals surface area (Å²) < 4.78 is 16.9. The van der Waals surface area contributed by atoms with Crippen LogP contribution in [-0.2, 0) is 30.4 Å². The van der Waals surface area contributed by atoms with Crippen LogP contribution >= 0.6 is 0 Å². The summed E-state index contributed by atoms with van der Waals surface area (Å²) in [5.41, 5.74) is 5.28. The van der Waals surface area contributed by atoms with E-state index < -0.39 is 42.3 Å². The van der Waals surface area contributed by atoms with E-state index in [1.54, 1.807) is 6.92 Å². The van der Waals surface area contributed by atoms with E-state index in [0.29, 0.717) is 6.42 Å². The number of rotatable bonds is 10. The van der Waals surface area contributed by atoms with Gasteiger partial charge in [-0.2, -0.15) is 0 Å². The highest BCUT2D eigenvalue weighted by Gasteiger charge is 2.38. The SMILES string of the molecule is CC(OCc1ccccc1)C(NC(=O)OCC1c2ccccc2-c2ccccc21)C(=O)N[C@H]1CCO[C@H]1C(=O)O. The molecule has 0 radical (unpaired) electrons. The first-order chi connectivity index (χ1) is 19.4. The number of benzene rings is 3. The number of ether oxygens (including phenoxy) is 3. The number of alkyl carbamates (subject to hydrolysis) is 1. The van der Waals surface area contributed by atoms with Gasteiger partial charge in [-0.15, -0.1) is 0 Å². The molecular weight excluding hydrogens is 512 g/mol. The van der Waals surface area contributed by atoms with Crippen LogP contribution < -0.4 is 10.6 Å². The molecule has 208 valence electrons. The first-order valence-corrected chi connectivity index (χ1v) is 13.3. The number of fused-ring (bicyclic) bond motifs is 3. The van der Waals surface area contributed by atoms with Crippen LogP contribution in [0.2, 0.25) is 0 Å². The second-order valence-electron chi connectivity index (χ2n) is 9.98. The lowest BCUT2D eigenvalue weighted by Gasteiger charge is -2.27. The van der Waals surface area contributed by atoms with Crippen LogP contribution in [0.4, 0.5) is 4.79 Å². The second-order valence-corrected chi connectivity index (χ2v) is 9.98. The third-order valence-corrected chi connectivity index (χ3v) is 7.39. The van der Waals surface area contributed by atoms with Crippen molar-refractivity contribution in [2.45, 2.75) is 50.2 Å². The lowest BCUT2D eigenvalue weighted by molar-refractivity contribution is -0.148. The zero-order valence-electron chi connectivity index (χ0n) is 22.1. The Morgan fingerprint density at radius 2 is 1.57 bits per heavy atom. The van der Waals surface area contributed by atoms with Gasteiger partial charge in [0.05, 0.1) is 18.8 Å². The fourth-order valence-electron chi connectivity index (χ4n) is 5.31. The summed E-state index contributed by atoms with van der Waals surface area (Å²) in [5, 5.41) is 14.8. The molecule has 1 heterocycles. The monoisotopic (exact) mass is 544 g/mol. The number of carbonyl (C=O) groups is 3. The fourth-order valence-corrected chi connectivity index (χ4v) is 5.31. The highest BCUT2D eigenvalue weighted by atomic mass is 16.6. The number of amides is 2. The predicted octanol–water partition coefficient (Wildman–Crippen LogP) is 3.86. The molecule has 0 spiro atoms. The molecule has 9 heteroatoms. The van der Waals surface area contributed by atoms with Crippen molar-refractivity contribution in [1.29, 1.82) is 0 Å². The molecule has 3 N–H and O–H groups in total. The van der Waals surface area contributed by atoms with E-state index in [2.05, 4.69) is 22.8 Å². The van der Waals surface area contributed by atoms with Crippen molar-refractivity contribution < 1.29 is 33.7 Å². The van der Waals surface area contributed by atoms with Crippen LogP contribution in [0.15, 0.2) is 78.9 Å². The number of carbonyl (C=O) groups excluding carboxylic acids is 2. The fraction of sp³-hybridized carbons (Fsp3) is 0.323. The zero-order chi connectivity index (χ0) is 28.1. The molecule has 1 aliphatic carbocycles. The summed E-state index contributed by atoms with van der Waals surface area (Å²) in [6.07, 6.45) is -2.32. The zero-order valence-corrected chi connectivity index (χ0v) is 22.1. The number of hydrogen-bond donors (Lipinski definition) is 3. The van der Waals surface area contributed by atoms with Gasteiger partial charge in [0.25, 0.3) is 0 Å². The summed E-state index contributed by atoms with van der Waals surface area (Å²) in [7, 11) is 0. The minimum absolute atomic E-state index is 0.0883. The molecule has 4 atom stereocenters. The Morgan fingerprint density at radius 3 is 2.23 bits per heavy atom. The largest absolute Gasteiger partial charge is 0.479 e. The smallest absolute Gasteiger partial charge is 0.407 e. The average molecular weight is 545 g/mol. The molecule has 2 aliphatic rings. The first-order valence-electron chi connectivity index (χ1n) is 13.3. The highest BCUT2D eigenvalue weighted by molar-refractivity contribution is 5.87. The van der Waals surface area contributed by atoms with Crippen LogP contribution in [0.25, 0.3) is 11.1 Å². The Hall–Kier alpha value is -4.21. The number of nitrogens with one attached hydrogen (secondary N) is 2. The predicted molar refractivity (Wildman–Crippen MR) is 147 cm³/mol. The lowest BCUT2D eigenvalue weighted by atomic mass is 9.98. The van der Waals surface area contributed by atoms with E-state index in [1.807, 2.05) is 66.7 Å². The normalized spacial score (nSPS) is 19.2. The van der Waals surface area contributed by atoms with Crippen molar-refractivity contribution in [3.05, 3.63) is 95.6 Å². The second kappa shape index (κ2) is 12.3. The van der Waals surface area contributed by atoms with Crippen LogP contribution in [0.5, 0.6) is 0 Å². The minimum atomic E-state index is -1.16. The molecule has 0 aromatic heterocycles. The van der Waals surface area contributed by atoms with Gasteiger partial charge in [0.2, 0.25) is 5.91 Å². The maximum atomic E-state index is 13.3.